The van der Waals surface area contributed by atoms with Crippen molar-refractivity contribution in [2.24, 2.45) is 0 Å². The number of carbonyl (C=O) groups is 1. The lowest BCUT2D eigenvalue weighted by molar-refractivity contribution is 0.0508. The summed E-state index contributed by atoms with van der Waals surface area (Å²) in [5.74, 6) is 1.28. The van der Waals surface area contributed by atoms with Crippen molar-refractivity contribution in [3.8, 4) is 11.5 Å². The van der Waals surface area contributed by atoms with E-state index in [0.29, 0.717) is 11.5 Å². The molecule has 0 aliphatic rings. The molecule has 5 nitrogen and oxygen atoms in total. The Morgan fingerprint density at radius 1 is 1.15 bits per heavy atom. The van der Waals surface area contributed by atoms with Crippen LogP contribution in [0.2, 0.25) is 0 Å². The van der Waals surface area contributed by atoms with Gasteiger partial charge in [-0.1, -0.05) is 6.07 Å². The molecule has 20 heavy (non-hydrogen) atoms. The van der Waals surface area contributed by atoms with Gasteiger partial charge in [-0.2, -0.15) is 0 Å². The molecule has 1 aromatic rings. The number of ether oxygens (including phenoxy) is 3. The standard InChI is InChI=1S/C15H23NO4/c1-10(16-14(17)20-15(2,3)4)11-7-8-12(18-5)13(9-11)19-6/h7-10H,1-6H3,(H,16,17)/t10-/m0/s1. The highest BCUT2D eigenvalue weighted by Gasteiger charge is 2.19. The molecule has 1 amide bonds. The van der Waals surface area contributed by atoms with Crippen LogP contribution in [0.4, 0.5) is 4.79 Å². The molecule has 1 aromatic carbocycles. The largest absolute Gasteiger partial charge is 0.493 e. The minimum absolute atomic E-state index is 0.190. The maximum absolute atomic E-state index is 11.7. The van der Waals surface area contributed by atoms with E-state index >= 15 is 0 Å². The van der Waals surface area contributed by atoms with E-state index in [1.165, 1.54) is 0 Å². The van der Waals surface area contributed by atoms with Crippen LogP contribution in [0.25, 0.3) is 0 Å². The van der Waals surface area contributed by atoms with Crippen molar-refractivity contribution in [2.45, 2.75) is 39.3 Å². The Morgan fingerprint density at radius 2 is 1.75 bits per heavy atom. The lowest BCUT2D eigenvalue weighted by atomic mass is 10.1. The molecule has 0 aliphatic carbocycles. The van der Waals surface area contributed by atoms with E-state index in [4.69, 9.17) is 14.2 Å². The average molecular weight is 281 g/mol. The first-order chi connectivity index (χ1) is 9.26. The van der Waals surface area contributed by atoms with E-state index in [2.05, 4.69) is 5.32 Å². The van der Waals surface area contributed by atoms with Crippen LogP contribution >= 0.6 is 0 Å². The molecule has 0 unspecified atom stereocenters. The van der Waals surface area contributed by atoms with Gasteiger partial charge in [0.2, 0.25) is 0 Å². The van der Waals surface area contributed by atoms with Gasteiger partial charge in [-0.05, 0) is 45.4 Å². The van der Waals surface area contributed by atoms with Gasteiger partial charge in [-0.25, -0.2) is 4.79 Å². The second kappa shape index (κ2) is 6.50. The maximum atomic E-state index is 11.7. The lowest BCUT2D eigenvalue weighted by Gasteiger charge is -2.22. The third kappa shape index (κ3) is 4.64. The quantitative estimate of drug-likeness (QED) is 0.920. The van der Waals surface area contributed by atoms with E-state index in [9.17, 15) is 4.79 Å². The van der Waals surface area contributed by atoms with E-state index in [1.807, 2.05) is 39.8 Å². The molecular weight excluding hydrogens is 258 g/mol. The fourth-order valence-corrected chi connectivity index (χ4v) is 1.69. The highest BCUT2D eigenvalue weighted by atomic mass is 16.6. The molecule has 1 rings (SSSR count). The maximum Gasteiger partial charge on any atom is 0.408 e. The average Bonchev–Trinajstić information content (AvgIpc) is 2.35. The summed E-state index contributed by atoms with van der Waals surface area (Å²) in [7, 11) is 3.16. The zero-order valence-corrected chi connectivity index (χ0v) is 12.9. The molecule has 0 aromatic heterocycles. The van der Waals surface area contributed by atoms with Gasteiger partial charge < -0.3 is 19.5 Å². The van der Waals surface area contributed by atoms with Crippen LogP contribution in [0.1, 0.15) is 39.3 Å². The van der Waals surface area contributed by atoms with Gasteiger partial charge >= 0.3 is 6.09 Å². The molecule has 0 saturated heterocycles. The van der Waals surface area contributed by atoms with Crippen LogP contribution in [0.15, 0.2) is 18.2 Å². The van der Waals surface area contributed by atoms with Crippen molar-refractivity contribution in [1.82, 2.24) is 5.32 Å². The van der Waals surface area contributed by atoms with E-state index in [0.717, 1.165) is 5.56 Å². The Balaban J connectivity index is 2.77. The Kier molecular flexibility index (Phi) is 5.25. The summed E-state index contributed by atoms with van der Waals surface area (Å²) in [4.78, 5) is 11.7. The topological polar surface area (TPSA) is 56.8 Å². The lowest BCUT2D eigenvalue weighted by Crippen LogP contribution is -2.34. The van der Waals surface area contributed by atoms with Gasteiger partial charge in [0.05, 0.1) is 20.3 Å². The van der Waals surface area contributed by atoms with Crippen molar-refractivity contribution in [2.75, 3.05) is 14.2 Å². The highest BCUT2D eigenvalue weighted by Crippen LogP contribution is 2.29. The van der Waals surface area contributed by atoms with Gasteiger partial charge in [-0.3, -0.25) is 0 Å². The summed E-state index contributed by atoms with van der Waals surface area (Å²) in [5, 5.41) is 2.78. The molecule has 0 saturated carbocycles. The number of amides is 1. The Hall–Kier alpha value is -1.91. The zero-order valence-electron chi connectivity index (χ0n) is 12.9. The minimum Gasteiger partial charge on any atom is -0.493 e. The van der Waals surface area contributed by atoms with Crippen LogP contribution < -0.4 is 14.8 Å². The molecular formula is C15H23NO4. The number of alkyl carbamates (subject to hydrolysis) is 1. The molecule has 0 aliphatic heterocycles. The van der Waals surface area contributed by atoms with Crippen molar-refractivity contribution < 1.29 is 19.0 Å². The van der Waals surface area contributed by atoms with Crippen molar-refractivity contribution in [3.63, 3.8) is 0 Å². The Morgan fingerprint density at radius 3 is 2.25 bits per heavy atom. The van der Waals surface area contributed by atoms with Crippen LogP contribution in [0.5, 0.6) is 11.5 Å². The van der Waals surface area contributed by atoms with Gasteiger partial charge in [0, 0.05) is 0 Å². The number of methoxy groups -OCH3 is 2. The second-order valence-corrected chi connectivity index (χ2v) is 5.48. The monoisotopic (exact) mass is 281 g/mol. The van der Waals surface area contributed by atoms with Crippen molar-refractivity contribution in [3.05, 3.63) is 23.8 Å². The van der Waals surface area contributed by atoms with Crippen LogP contribution in [0.3, 0.4) is 0 Å². The first-order valence-electron chi connectivity index (χ1n) is 6.48. The first-order valence-corrected chi connectivity index (χ1v) is 6.48. The normalized spacial score (nSPS) is 12.5. The molecule has 112 valence electrons. The Labute approximate surface area is 120 Å². The third-order valence-corrected chi connectivity index (χ3v) is 2.64. The highest BCUT2D eigenvalue weighted by molar-refractivity contribution is 5.68. The van der Waals surface area contributed by atoms with E-state index < -0.39 is 11.7 Å². The van der Waals surface area contributed by atoms with E-state index in [1.54, 1.807) is 20.3 Å². The van der Waals surface area contributed by atoms with Crippen LogP contribution in [0, 0.1) is 0 Å². The molecule has 1 atom stereocenters. The minimum atomic E-state index is -0.512. The molecule has 5 heteroatoms. The predicted octanol–water partition coefficient (Wildman–Crippen LogP) is 3.29. The van der Waals surface area contributed by atoms with Gasteiger partial charge in [0.15, 0.2) is 11.5 Å². The fourth-order valence-electron chi connectivity index (χ4n) is 1.69. The molecule has 0 radical (unpaired) electrons. The second-order valence-electron chi connectivity index (χ2n) is 5.48. The number of nitrogens with one attached hydrogen (secondary N) is 1. The molecule has 0 spiro atoms. The van der Waals surface area contributed by atoms with E-state index in [-0.39, 0.29) is 6.04 Å². The van der Waals surface area contributed by atoms with Crippen molar-refractivity contribution >= 4 is 6.09 Å². The summed E-state index contributed by atoms with van der Waals surface area (Å²) in [5.41, 5.74) is 0.398. The van der Waals surface area contributed by atoms with Gasteiger partial charge in [-0.15, -0.1) is 0 Å². The van der Waals surface area contributed by atoms with Crippen molar-refractivity contribution in [1.29, 1.82) is 0 Å². The number of rotatable bonds is 4. The number of hydrogen-bond acceptors (Lipinski definition) is 4. The third-order valence-electron chi connectivity index (χ3n) is 2.64. The number of carbonyl (C=O) groups excluding carboxylic acids is 1. The molecule has 1 N–H and O–H groups in total. The summed E-state index contributed by atoms with van der Waals surface area (Å²) < 4.78 is 15.6. The van der Waals surface area contributed by atoms with Gasteiger partial charge in [0.1, 0.15) is 5.60 Å². The SMILES string of the molecule is COc1ccc([C@H](C)NC(=O)OC(C)(C)C)cc1OC. The molecule has 0 bridgehead atoms. The zero-order chi connectivity index (χ0) is 15.3. The fraction of sp³-hybridized carbons (Fsp3) is 0.533. The summed E-state index contributed by atoms with van der Waals surface area (Å²) in [6, 6.07) is 5.33. The number of benzene rings is 1. The number of hydrogen-bond donors (Lipinski definition) is 1. The van der Waals surface area contributed by atoms with Crippen LogP contribution in [-0.4, -0.2) is 25.9 Å². The van der Waals surface area contributed by atoms with Gasteiger partial charge in [0.25, 0.3) is 0 Å². The smallest absolute Gasteiger partial charge is 0.408 e. The Bertz CT molecular complexity index is 465. The molecule has 0 fully saturated rings. The summed E-state index contributed by atoms with van der Waals surface area (Å²) >= 11 is 0. The summed E-state index contributed by atoms with van der Waals surface area (Å²) in [6.45, 7) is 7.36. The molecule has 0 heterocycles. The first kappa shape index (κ1) is 16.1. The van der Waals surface area contributed by atoms with Crippen LogP contribution in [-0.2, 0) is 4.74 Å². The predicted molar refractivity (Wildman–Crippen MR) is 77.3 cm³/mol. The summed E-state index contributed by atoms with van der Waals surface area (Å²) in [6.07, 6.45) is -0.445.